The van der Waals surface area contributed by atoms with Crippen LogP contribution in [0.15, 0.2) is 5.51 Å². The topological polar surface area (TPSA) is 88.0 Å². The van der Waals surface area contributed by atoms with Crippen molar-refractivity contribution in [3.8, 4) is 0 Å². The van der Waals surface area contributed by atoms with Crippen LogP contribution in [0.1, 0.15) is 5.69 Å². The van der Waals surface area contributed by atoms with Crippen LogP contribution in [0.25, 0.3) is 10.3 Å². The third-order valence-corrected chi connectivity index (χ3v) is 2.68. The molecule has 6 nitrogen and oxygen atoms in total. The molecule has 0 aromatic carbocycles. The normalized spacial score (nSPS) is 10.5. The van der Waals surface area contributed by atoms with Gasteiger partial charge in [-0.25, -0.2) is 9.97 Å². The zero-order valence-electron chi connectivity index (χ0n) is 7.89. The van der Waals surface area contributed by atoms with Gasteiger partial charge in [-0.3, -0.25) is 4.79 Å². The predicted molar refractivity (Wildman–Crippen MR) is 56.1 cm³/mol. The van der Waals surface area contributed by atoms with E-state index in [4.69, 9.17) is 5.11 Å². The van der Waals surface area contributed by atoms with E-state index in [2.05, 4.69) is 20.3 Å². The summed E-state index contributed by atoms with van der Waals surface area (Å²) in [5, 5.41) is 11.1. The van der Waals surface area contributed by atoms with Crippen molar-refractivity contribution in [3.63, 3.8) is 0 Å². The highest BCUT2D eigenvalue weighted by Gasteiger charge is 2.07. The molecule has 0 saturated carbocycles. The summed E-state index contributed by atoms with van der Waals surface area (Å²) in [5.41, 5.74) is 3.09. The molecule has 0 bridgehead atoms. The Morgan fingerprint density at radius 3 is 3.13 bits per heavy atom. The first-order valence-electron chi connectivity index (χ1n) is 4.20. The molecule has 2 N–H and O–H groups in total. The third kappa shape index (κ3) is 2.01. The van der Waals surface area contributed by atoms with Gasteiger partial charge in [0.15, 0.2) is 5.65 Å². The number of hydrogen-bond acceptors (Lipinski definition) is 6. The number of nitrogens with zero attached hydrogens (tertiary/aromatic N) is 3. The first kappa shape index (κ1) is 9.78. The van der Waals surface area contributed by atoms with Gasteiger partial charge >= 0.3 is 5.97 Å². The Balaban J connectivity index is 2.32. The monoisotopic (exact) mass is 224 g/mol. The van der Waals surface area contributed by atoms with Crippen LogP contribution in [0.5, 0.6) is 0 Å². The van der Waals surface area contributed by atoms with E-state index < -0.39 is 5.97 Å². The highest BCUT2D eigenvalue weighted by molar-refractivity contribution is 7.16. The number of aromatic nitrogens is 3. The fourth-order valence-electron chi connectivity index (χ4n) is 1.14. The quantitative estimate of drug-likeness (QED) is 0.805. The van der Waals surface area contributed by atoms with Gasteiger partial charge < -0.3 is 10.4 Å². The predicted octanol–water partition coefficient (Wildman–Crippen LogP) is 0.891. The number of rotatable bonds is 3. The molecule has 0 aliphatic heterocycles. The van der Waals surface area contributed by atoms with Crippen molar-refractivity contribution in [2.45, 2.75) is 6.92 Å². The lowest BCUT2D eigenvalue weighted by Gasteiger charge is -2.02. The molecule has 0 unspecified atom stereocenters. The Morgan fingerprint density at radius 2 is 2.40 bits per heavy atom. The number of aryl methyl sites for hydroxylation is 1. The van der Waals surface area contributed by atoms with E-state index in [0.717, 1.165) is 10.4 Å². The molecule has 2 aromatic heterocycles. The number of carboxylic acid groups (broad SMARTS) is 1. The van der Waals surface area contributed by atoms with Crippen molar-refractivity contribution in [2.75, 3.05) is 11.9 Å². The van der Waals surface area contributed by atoms with Gasteiger partial charge in [-0.15, -0.1) is 11.3 Å². The van der Waals surface area contributed by atoms with Crippen LogP contribution >= 0.6 is 11.3 Å². The van der Waals surface area contributed by atoms with E-state index >= 15 is 0 Å². The van der Waals surface area contributed by atoms with Crippen molar-refractivity contribution < 1.29 is 9.90 Å². The molecule has 2 heterocycles. The maximum Gasteiger partial charge on any atom is 0.322 e. The van der Waals surface area contributed by atoms with E-state index in [-0.39, 0.29) is 6.54 Å². The second-order valence-corrected chi connectivity index (χ2v) is 3.74. The second-order valence-electron chi connectivity index (χ2n) is 2.89. The first-order chi connectivity index (χ1) is 7.16. The van der Waals surface area contributed by atoms with Crippen LogP contribution < -0.4 is 5.32 Å². The Kier molecular flexibility index (Phi) is 2.46. The minimum absolute atomic E-state index is 0.199. The lowest BCUT2D eigenvalue weighted by Crippen LogP contribution is -2.14. The second kappa shape index (κ2) is 3.77. The van der Waals surface area contributed by atoms with Crippen LogP contribution in [-0.4, -0.2) is 32.6 Å². The molecular formula is C8H8N4O2S. The molecule has 0 fully saturated rings. The number of hydrogen-bond donors (Lipinski definition) is 2. The Morgan fingerprint density at radius 1 is 1.60 bits per heavy atom. The van der Waals surface area contributed by atoms with E-state index in [1.165, 1.54) is 11.3 Å². The number of fused-ring (bicyclic) bond motifs is 1. The molecule has 0 saturated heterocycles. The van der Waals surface area contributed by atoms with E-state index in [9.17, 15) is 4.79 Å². The molecule has 0 atom stereocenters. The zero-order chi connectivity index (χ0) is 10.8. The van der Waals surface area contributed by atoms with E-state index in [1.807, 2.05) is 6.92 Å². The number of carbonyl (C=O) groups is 1. The number of carboxylic acids is 1. The van der Waals surface area contributed by atoms with Gasteiger partial charge in [0.05, 0.1) is 15.9 Å². The molecule has 2 rings (SSSR count). The summed E-state index contributed by atoms with van der Waals surface area (Å²) in [7, 11) is 0. The van der Waals surface area contributed by atoms with Gasteiger partial charge in [0.1, 0.15) is 6.54 Å². The average molecular weight is 224 g/mol. The average Bonchev–Trinajstić information content (AvgIpc) is 2.63. The molecular weight excluding hydrogens is 216 g/mol. The molecule has 15 heavy (non-hydrogen) atoms. The van der Waals surface area contributed by atoms with Gasteiger partial charge in [-0.2, -0.15) is 4.98 Å². The molecule has 0 aliphatic rings. The summed E-state index contributed by atoms with van der Waals surface area (Å²) < 4.78 is 0.927. The summed E-state index contributed by atoms with van der Waals surface area (Å²) in [5.74, 6) is -0.650. The summed E-state index contributed by atoms with van der Waals surface area (Å²) in [4.78, 5) is 22.6. The fraction of sp³-hybridized carbons (Fsp3) is 0.250. The third-order valence-electron chi connectivity index (χ3n) is 1.76. The smallest absolute Gasteiger partial charge is 0.322 e. The maximum absolute atomic E-state index is 10.3. The van der Waals surface area contributed by atoms with Crippen molar-refractivity contribution in [2.24, 2.45) is 0 Å². The van der Waals surface area contributed by atoms with Gasteiger partial charge in [0.25, 0.3) is 0 Å². The van der Waals surface area contributed by atoms with Gasteiger partial charge in [0.2, 0.25) is 5.95 Å². The van der Waals surface area contributed by atoms with E-state index in [0.29, 0.717) is 11.6 Å². The van der Waals surface area contributed by atoms with Gasteiger partial charge in [0, 0.05) is 0 Å². The summed E-state index contributed by atoms with van der Waals surface area (Å²) in [6.07, 6.45) is 0. The molecule has 78 valence electrons. The zero-order valence-corrected chi connectivity index (χ0v) is 8.71. The van der Waals surface area contributed by atoms with Gasteiger partial charge in [-0.05, 0) is 6.92 Å². The van der Waals surface area contributed by atoms with Gasteiger partial charge in [-0.1, -0.05) is 0 Å². The summed E-state index contributed by atoms with van der Waals surface area (Å²) in [6, 6.07) is 0. The standard InChI is InChI=1S/C8H8N4O2S/c1-4-6-7(10-3-15-6)12-8(11-4)9-2-5(13)14/h3H,2H2,1H3,(H,13,14)(H,9,11,12). The highest BCUT2D eigenvalue weighted by atomic mass is 32.1. The number of anilines is 1. The van der Waals surface area contributed by atoms with E-state index in [1.54, 1.807) is 5.51 Å². The van der Waals surface area contributed by atoms with Crippen LogP contribution in [0.4, 0.5) is 5.95 Å². The fourth-order valence-corrected chi connectivity index (χ4v) is 1.81. The van der Waals surface area contributed by atoms with Crippen molar-refractivity contribution in [1.82, 2.24) is 15.0 Å². The van der Waals surface area contributed by atoms with Crippen molar-refractivity contribution in [3.05, 3.63) is 11.2 Å². The van der Waals surface area contributed by atoms with Crippen LogP contribution in [0.3, 0.4) is 0 Å². The minimum atomic E-state index is -0.949. The molecule has 0 aliphatic carbocycles. The minimum Gasteiger partial charge on any atom is -0.480 e. The van der Waals surface area contributed by atoms with Crippen LogP contribution in [-0.2, 0) is 4.79 Å². The SMILES string of the molecule is Cc1nc(NCC(=O)O)nc2ncsc12. The molecule has 7 heteroatoms. The molecule has 0 amide bonds. The van der Waals surface area contributed by atoms with Crippen molar-refractivity contribution in [1.29, 1.82) is 0 Å². The number of nitrogens with one attached hydrogen (secondary N) is 1. The van der Waals surface area contributed by atoms with Crippen molar-refractivity contribution >= 4 is 33.6 Å². The lowest BCUT2D eigenvalue weighted by atomic mass is 10.4. The number of thiazole rings is 1. The maximum atomic E-state index is 10.3. The molecule has 2 aromatic rings. The van der Waals surface area contributed by atoms with Crippen LogP contribution in [0.2, 0.25) is 0 Å². The summed E-state index contributed by atoms with van der Waals surface area (Å²) in [6.45, 7) is 1.64. The molecule has 0 radical (unpaired) electrons. The Bertz CT molecular complexity index is 510. The van der Waals surface area contributed by atoms with Crippen LogP contribution in [0, 0.1) is 6.92 Å². The molecule has 0 spiro atoms. The summed E-state index contributed by atoms with van der Waals surface area (Å²) >= 11 is 1.47. The first-order valence-corrected chi connectivity index (χ1v) is 5.08. The highest BCUT2D eigenvalue weighted by Crippen LogP contribution is 2.19. The Hall–Kier alpha value is -1.76. The largest absolute Gasteiger partial charge is 0.480 e. The lowest BCUT2D eigenvalue weighted by molar-refractivity contribution is -0.134. The number of aliphatic carboxylic acids is 1. The Labute approximate surface area is 89.0 Å².